The molecule has 0 bridgehead atoms. The van der Waals surface area contributed by atoms with Gasteiger partial charge in [0.25, 0.3) is 5.56 Å². The zero-order chi connectivity index (χ0) is 23.2. The molecular weight excluding hydrogens is 445 g/mol. The third-order valence-electron chi connectivity index (χ3n) is 5.03. The van der Waals surface area contributed by atoms with Crippen LogP contribution in [0.3, 0.4) is 0 Å². The number of hydrogen-bond acceptors (Lipinski definition) is 4. The summed E-state index contributed by atoms with van der Waals surface area (Å²) >= 11 is 6.31. The van der Waals surface area contributed by atoms with Gasteiger partial charge in [0, 0.05) is 37.3 Å². The average molecular weight is 461 g/mol. The second kappa shape index (κ2) is 7.83. The molecule has 0 saturated carbocycles. The monoisotopic (exact) mass is 460 g/mol. The molecular formula is C22H16ClF3N4O2. The maximum atomic E-state index is 13.7. The van der Waals surface area contributed by atoms with E-state index in [1.54, 1.807) is 19.2 Å². The van der Waals surface area contributed by atoms with Crippen molar-refractivity contribution in [3.05, 3.63) is 86.2 Å². The fourth-order valence-electron chi connectivity index (χ4n) is 3.55. The number of nitrogens with one attached hydrogen (secondary N) is 1. The van der Waals surface area contributed by atoms with Crippen molar-refractivity contribution in [3.8, 4) is 16.8 Å². The summed E-state index contributed by atoms with van der Waals surface area (Å²) in [5.41, 5.74) is -1.21. The summed E-state index contributed by atoms with van der Waals surface area (Å²) in [7, 11) is 3.09. The second-order valence-electron chi connectivity index (χ2n) is 7.02. The highest BCUT2D eigenvalue weighted by molar-refractivity contribution is 6.32. The summed E-state index contributed by atoms with van der Waals surface area (Å²) < 4.78 is 42.6. The third kappa shape index (κ3) is 3.54. The van der Waals surface area contributed by atoms with E-state index in [0.717, 1.165) is 10.6 Å². The van der Waals surface area contributed by atoms with Crippen LogP contribution in [0.4, 0.5) is 18.9 Å². The van der Waals surface area contributed by atoms with Crippen molar-refractivity contribution < 1.29 is 13.2 Å². The number of anilines is 1. The molecule has 4 rings (SSSR count). The van der Waals surface area contributed by atoms with Gasteiger partial charge in [-0.05, 0) is 30.3 Å². The molecule has 0 spiro atoms. The van der Waals surface area contributed by atoms with Crippen LogP contribution in [-0.2, 0) is 13.2 Å². The first-order valence-electron chi connectivity index (χ1n) is 9.40. The molecule has 0 amide bonds. The normalized spacial score (nSPS) is 11.7. The first-order valence-corrected chi connectivity index (χ1v) is 9.78. The molecule has 1 N–H and O–H groups in total. The Balaban J connectivity index is 2.23. The highest BCUT2D eigenvalue weighted by Crippen LogP contribution is 2.35. The molecule has 0 aliphatic rings. The van der Waals surface area contributed by atoms with Gasteiger partial charge < -0.3 is 9.88 Å². The number of benzene rings is 1. The zero-order valence-electron chi connectivity index (χ0n) is 16.9. The number of fused-ring (bicyclic) bond motifs is 1. The van der Waals surface area contributed by atoms with Crippen molar-refractivity contribution in [1.29, 1.82) is 0 Å². The van der Waals surface area contributed by atoms with Gasteiger partial charge in [-0.2, -0.15) is 13.2 Å². The Labute approximate surface area is 184 Å². The summed E-state index contributed by atoms with van der Waals surface area (Å²) in [4.78, 5) is 29.4. The fraction of sp³-hybridized carbons (Fsp3) is 0.136. The Bertz CT molecular complexity index is 1480. The van der Waals surface area contributed by atoms with Crippen LogP contribution in [0.5, 0.6) is 0 Å². The van der Waals surface area contributed by atoms with E-state index in [-0.39, 0.29) is 38.6 Å². The Morgan fingerprint density at radius 3 is 2.38 bits per heavy atom. The van der Waals surface area contributed by atoms with Crippen molar-refractivity contribution in [2.24, 2.45) is 7.05 Å². The lowest BCUT2D eigenvalue weighted by molar-refractivity contribution is -0.141. The lowest BCUT2D eigenvalue weighted by atomic mass is 10.0. The molecule has 1 aromatic carbocycles. The minimum absolute atomic E-state index is 0.164. The molecule has 0 aliphatic heterocycles. The molecule has 3 heterocycles. The minimum Gasteiger partial charge on any atom is -0.387 e. The molecule has 0 unspecified atom stereocenters. The maximum absolute atomic E-state index is 13.7. The van der Waals surface area contributed by atoms with E-state index in [1.165, 1.54) is 48.1 Å². The molecule has 0 atom stereocenters. The molecule has 0 fully saturated rings. The summed E-state index contributed by atoms with van der Waals surface area (Å²) in [6, 6.07) is 11.2. The molecule has 0 aliphatic carbocycles. The van der Waals surface area contributed by atoms with E-state index in [9.17, 15) is 22.8 Å². The molecule has 0 radical (unpaired) electrons. The van der Waals surface area contributed by atoms with Gasteiger partial charge >= 0.3 is 6.18 Å². The van der Waals surface area contributed by atoms with Crippen LogP contribution in [-0.4, -0.2) is 21.2 Å². The van der Waals surface area contributed by atoms with E-state index in [2.05, 4.69) is 10.3 Å². The first kappa shape index (κ1) is 21.6. The van der Waals surface area contributed by atoms with Crippen molar-refractivity contribution in [1.82, 2.24) is 14.1 Å². The number of aryl methyl sites for hydroxylation is 1. The van der Waals surface area contributed by atoms with Gasteiger partial charge in [-0.15, -0.1) is 0 Å². The smallest absolute Gasteiger partial charge is 0.387 e. The Hall–Kier alpha value is -3.59. The number of para-hydroxylation sites is 1. The highest BCUT2D eigenvalue weighted by atomic mass is 35.5. The highest BCUT2D eigenvalue weighted by Gasteiger charge is 2.33. The van der Waals surface area contributed by atoms with Crippen LogP contribution in [0.1, 0.15) is 5.69 Å². The summed E-state index contributed by atoms with van der Waals surface area (Å²) in [6.45, 7) is 0. The standard InChI is InChI=1S/C22H16ClF3N4O2/c1-27-19-13-8-9-16(22(24,25)26)28-20(13)30(15-6-4-3-5-14(15)23)21(32)18(19)12-7-10-17(31)29(2)11-12/h3-11,27H,1-2H3. The Morgan fingerprint density at radius 2 is 1.75 bits per heavy atom. The number of rotatable bonds is 3. The van der Waals surface area contributed by atoms with Gasteiger partial charge in [-0.1, -0.05) is 23.7 Å². The van der Waals surface area contributed by atoms with Gasteiger partial charge in [0.05, 0.1) is 22.0 Å². The predicted octanol–water partition coefficient (Wildman–Crippen LogP) is 4.47. The molecule has 4 aromatic rings. The van der Waals surface area contributed by atoms with Gasteiger partial charge in [0.1, 0.15) is 11.3 Å². The van der Waals surface area contributed by atoms with Crippen molar-refractivity contribution >= 4 is 28.3 Å². The van der Waals surface area contributed by atoms with E-state index in [4.69, 9.17) is 11.6 Å². The lowest BCUT2D eigenvalue weighted by Crippen LogP contribution is -2.25. The number of nitrogens with zero attached hydrogens (tertiary/aromatic N) is 3. The number of halogens is 4. The van der Waals surface area contributed by atoms with Crippen molar-refractivity contribution in [2.45, 2.75) is 6.18 Å². The molecule has 10 heteroatoms. The van der Waals surface area contributed by atoms with E-state index < -0.39 is 17.4 Å². The van der Waals surface area contributed by atoms with Crippen LogP contribution in [0, 0.1) is 0 Å². The Morgan fingerprint density at radius 1 is 1.03 bits per heavy atom. The molecule has 3 aromatic heterocycles. The van der Waals surface area contributed by atoms with Crippen LogP contribution in [0.25, 0.3) is 27.8 Å². The molecule has 32 heavy (non-hydrogen) atoms. The summed E-state index contributed by atoms with van der Waals surface area (Å²) in [5, 5.41) is 3.36. The zero-order valence-corrected chi connectivity index (χ0v) is 17.6. The van der Waals surface area contributed by atoms with Gasteiger partial charge in [-0.25, -0.2) is 4.98 Å². The van der Waals surface area contributed by atoms with Gasteiger partial charge in [0.15, 0.2) is 0 Å². The van der Waals surface area contributed by atoms with Crippen molar-refractivity contribution in [3.63, 3.8) is 0 Å². The van der Waals surface area contributed by atoms with Crippen LogP contribution < -0.4 is 16.4 Å². The van der Waals surface area contributed by atoms with Gasteiger partial charge in [0.2, 0.25) is 5.56 Å². The number of alkyl halides is 3. The quantitative estimate of drug-likeness (QED) is 0.490. The second-order valence-corrected chi connectivity index (χ2v) is 7.43. The largest absolute Gasteiger partial charge is 0.433 e. The van der Waals surface area contributed by atoms with Gasteiger partial charge in [-0.3, -0.25) is 14.2 Å². The number of hydrogen-bond donors (Lipinski definition) is 1. The summed E-state index contributed by atoms with van der Waals surface area (Å²) in [6.07, 6.45) is -3.22. The predicted molar refractivity (Wildman–Crippen MR) is 118 cm³/mol. The Kier molecular flexibility index (Phi) is 5.29. The van der Waals surface area contributed by atoms with E-state index in [1.807, 2.05) is 0 Å². The first-order chi connectivity index (χ1) is 15.1. The summed E-state index contributed by atoms with van der Waals surface area (Å²) in [5.74, 6) is 0. The van der Waals surface area contributed by atoms with E-state index >= 15 is 0 Å². The van der Waals surface area contributed by atoms with E-state index in [0.29, 0.717) is 5.56 Å². The molecule has 6 nitrogen and oxygen atoms in total. The number of aromatic nitrogens is 3. The lowest BCUT2D eigenvalue weighted by Gasteiger charge is -2.19. The molecule has 164 valence electrons. The average Bonchev–Trinajstić information content (AvgIpc) is 2.75. The molecule has 0 saturated heterocycles. The third-order valence-corrected chi connectivity index (χ3v) is 5.35. The van der Waals surface area contributed by atoms with Crippen LogP contribution in [0.2, 0.25) is 5.02 Å². The SMILES string of the molecule is CNc1c(-c2ccc(=O)n(C)c2)c(=O)n(-c2ccccc2Cl)c2nc(C(F)(F)F)ccc12. The van der Waals surface area contributed by atoms with Crippen LogP contribution in [0.15, 0.2) is 64.3 Å². The van der Waals surface area contributed by atoms with Crippen LogP contribution >= 0.6 is 11.6 Å². The fourth-order valence-corrected chi connectivity index (χ4v) is 3.77. The topological polar surface area (TPSA) is 68.9 Å². The van der Waals surface area contributed by atoms with Crippen molar-refractivity contribution in [2.75, 3.05) is 12.4 Å². The number of pyridine rings is 3. The maximum Gasteiger partial charge on any atom is 0.433 e. The minimum atomic E-state index is -4.70.